The molecule has 1 unspecified atom stereocenters. The third-order valence-electron chi connectivity index (χ3n) is 4.87. The fourth-order valence-electron chi connectivity index (χ4n) is 3.28. The third kappa shape index (κ3) is 4.22. The number of halogens is 3. The average Bonchev–Trinajstić information content (AvgIpc) is 2.98. The normalized spacial score (nSPS) is 12.0. The van der Waals surface area contributed by atoms with E-state index in [1.165, 1.54) is 42.7 Å². The van der Waals surface area contributed by atoms with Crippen LogP contribution in [-0.4, -0.2) is 38.6 Å². The van der Waals surface area contributed by atoms with Gasteiger partial charge in [0.1, 0.15) is 6.04 Å². The van der Waals surface area contributed by atoms with Crippen LogP contribution >= 0.6 is 23.2 Å². The summed E-state index contributed by atoms with van der Waals surface area (Å²) in [4.78, 5) is 36.6. The molecule has 1 heterocycles. The summed E-state index contributed by atoms with van der Waals surface area (Å²) in [6, 6.07) is 5.59. The molecule has 0 saturated carbocycles. The Morgan fingerprint density at radius 1 is 1.16 bits per heavy atom. The topological polar surface area (TPSA) is 109 Å². The Kier molecular flexibility index (Phi) is 6.24. The number of rotatable bonds is 5. The average molecular weight is 467 g/mol. The van der Waals surface area contributed by atoms with Gasteiger partial charge >= 0.3 is 5.97 Å². The number of aromatic hydroxyl groups is 1. The van der Waals surface area contributed by atoms with Crippen molar-refractivity contribution >= 4 is 51.9 Å². The van der Waals surface area contributed by atoms with Crippen LogP contribution in [0.1, 0.15) is 28.5 Å². The largest absolute Gasteiger partial charge is 0.505 e. The number of nitrogens with zero attached hydrogens (tertiary/aromatic N) is 1. The minimum absolute atomic E-state index is 0.107. The molecule has 31 heavy (non-hydrogen) atoms. The number of hydrogen-bond acceptors (Lipinski definition) is 4. The number of amides is 1. The van der Waals surface area contributed by atoms with E-state index in [0.717, 1.165) is 6.07 Å². The number of phenols is 1. The number of nitrogens with one attached hydrogen (secondary N) is 1. The Hall–Kier alpha value is -3.10. The summed E-state index contributed by atoms with van der Waals surface area (Å²) < 4.78 is 16.0. The Morgan fingerprint density at radius 2 is 1.84 bits per heavy atom. The highest BCUT2D eigenvalue weighted by Crippen LogP contribution is 2.34. The van der Waals surface area contributed by atoms with Crippen LogP contribution < -0.4 is 5.32 Å². The minimum atomic E-state index is -1.23. The number of carbonyl (C=O) groups is 3. The fourth-order valence-corrected chi connectivity index (χ4v) is 3.57. The van der Waals surface area contributed by atoms with Gasteiger partial charge in [-0.1, -0.05) is 23.2 Å². The number of aliphatic carboxylic acids is 1. The van der Waals surface area contributed by atoms with Crippen molar-refractivity contribution in [2.24, 2.45) is 0 Å². The van der Waals surface area contributed by atoms with E-state index in [0.29, 0.717) is 0 Å². The summed E-state index contributed by atoms with van der Waals surface area (Å²) in [7, 11) is 0. The van der Waals surface area contributed by atoms with Crippen molar-refractivity contribution < 1.29 is 29.0 Å². The second kappa shape index (κ2) is 8.56. The van der Waals surface area contributed by atoms with E-state index in [1.54, 1.807) is 0 Å². The minimum Gasteiger partial charge on any atom is -0.505 e. The highest BCUT2D eigenvalue weighted by Gasteiger charge is 2.26. The molecule has 0 aliphatic heterocycles. The van der Waals surface area contributed by atoms with Crippen LogP contribution in [0.5, 0.6) is 5.75 Å². The number of carboxylic acids is 1. The van der Waals surface area contributed by atoms with E-state index in [9.17, 15) is 23.9 Å². The van der Waals surface area contributed by atoms with Crippen LogP contribution in [0.25, 0.3) is 10.9 Å². The lowest BCUT2D eigenvalue weighted by molar-refractivity contribution is -0.141. The van der Waals surface area contributed by atoms with Crippen molar-refractivity contribution in [3.05, 3.63) is 63.0 Å². The lowest BCUT2D eigenvalue weighted by Crippen LogP contribution is -2.39. The van der Waals surface area contributed by atoms with E-state index in [1.807, 2.05) is 0 Å². The molecule has 0 radical (unpaired) electrons. The van der Waals surface area contributed by atoms with Crippen LogP contribution in [0.2, 0.25) is 10.0 Å². The van der Waals surface area contributed by atoms with Gasteiger partial charge in [0.2, 0.25) is 5.91 Å². The van der Waals surface area contributed by atoms with Crippen molar-refractivity contribution in [2.45, 2.75) is 26.3 Å². The SMILES string of the molecule is Cc1c(CC(=O)NC(C)C(=O)O)c2c(F)c(O)ccc2n1C(=O)c1ccc(Cl)c(Cl)c1. The lowest BCUT2D eigenvalue weighted by atomic mass is 10.1. The third-order valence-corrected chi connectivity index (χ3v) is 5.61. The maximum Gasteiger partial charge on any atom is 0.325 e. The van der Waals surface area contributed by atoms with Crippen molar-refractivity contribution in [2.75, 3.05) is 0 Å². The fraction of sp³-hybridized carbons (Fsp3) is 0.190. The Morgan fingerprint density at radius 3 is 2.45 bits per heavy atom. The molecular weight excluding hydrogens is 450 g/mol. The number of benzene rings is 2. The zero-order valence-corrected chi connectivity index (χ0v) is 17.9. The lowest BCUT2D eigenvalue weighted by Gasteiger charge is -2.10. The van der Waals surface area contributed by atoms with Gasteiger partial charge in [0.05, 0.1) is 22.0 Å². The second-order valence-corrected chi connectivity index (χ2v) is 7.74. The molecule has 3 N–H and O–H groups in total. The number of carboxylic acid groups (broad SMARTS) is 1. The molecule has 1 aromatic heterocycles. The van der Waals surface area contributed by atoms with Gasteiger partial charge in [0, 0.05) is 16.6 Å². The maximum atomic E-state index is 14.8. The molecule has 1 amide bonds. The van der Waals surface area contributed by atoms with Gasteiger partial charge in [-0.15, -0.1) is 0 Å². The molecule has 1 atom stereocenters. The van der Waals surface area contributed by atoms with Gasteiger partial charge < -0.3 is 15.5 Å². The highest BCUT2D eigenvalue weighted by molar-refractivity contribution is 6.42. The predicted molar refractivity (Wildman–Crippen MR) is 113 cm³/mol. The van der Waals surface area contributed by atoms with Crippen LogP contribution in [-0.2, 0) is 16.0 Å². The zero-order chi connectivity index (χ0) is 23.0. The van der Waals surface area contributed by atoms with Gasteiger partial charge in [0.25, 0.3) is 5.91 Å². The van der Waals surface area contributed by atoms with Crippen LogP contribution in [0, 0.1) is 12.7 Å². The number of phenolic OH excluding ortho intramolecular Hbond substituents is 1. The molecule has 162 valence electrons. The molecule has 7 nitrogen and oxygen atoms in total. The standard InChI is InChI=1S/C21H17Cl2FN2O5/c1-9(21(30)31)25-17(28)8-12-10(2)26(15-5-6-16(27)19(24)18(12)15)20(29)11-3-4-13(22)14(23)7-11/h3-7,9,27H,8H2,1-2H3,(H,25,28)(H,30,31). The Balaban J connectivity index is 2.15. The molecule has 0 spiro atoms. The first kappa shape index (κ1) is 22.6. The smallest absolute Gasteiger partial charge is 0.325 e. The Bertz CT molecular complexity index is 1240. The summed E-state index contributed by atoms with van der Waals surface area (Å²) in [6.07, 6.45) is -0.401. The van der Waals surface area contributed by atoms with Gasteiger partial charge in [-0.05, 0) is 49.7 Å². The van der Waals surface area contributed by atoms with Gasteiger partial charge in [-0.3, -0.25) is 19.0 Å². The van der Waals surface area contributed by atoms with E-state index < -0.39 is 41.8 Å². The molecule has 0 aliphatic rings. The predicted octanol–water partition coefficient (Wildman–Crippen LogP) is 3.92. The summed E-state index contributed by atoms with van der Waals surface area (Å²) in [5, 5.41) is 21.4. The number of carbonyl (C=O) groups excluding carboxylic acids is 2. The van der Waals surface area contributed by atoms with E-state index in [-0.39, 0.29) is 37.8 Å². The van der Waals surface area contributed by atoms with Crippen molar-refractivity contribution in [1.82, 2.24) is 9.88 Å². The first-order valence-corrected chi connectivity index (χ1v) is 9.81. The first-order valence-electron chi connectivity index (χ1n) is 9.06. The highest BCUT2D eigenvalue weighted by atomic mass is 35.5. The molecule has 0 saturated heterocycles. The monoisotopic (exact) mass is 466 g/mol. The summed E-state index contributed by atoms with van der Waals surface area (Å²) >= 11 is 11.9. The maximum absolute atomic E-state index is 14.8. The number of fused-ring (bicyclic) bond motifs is 1. The van der Waals surface area contributed by atoms with E-state index >= 15 is 0 Å². The van der Waals surface area contributed by atoms with Gasteiger partial charge in [0.15, 0.2) is 11.6 Å². The van der Waals surface area contributed by atoms with Crippen LogP contribution in [0.4, 0.5) is 4.39 Å². The van der Waals surface area contributed by atoms with E-state index in [4.69, 9.17) is 28.3 Å². The van der Waals surface area contributed by atoms with Crippen molar-refractivity contribution in [3.63, 3.8) is 0 Å². The molecule has 0 aliphatic carbocycles. The molecule has 0 bridgehead atoms. The summed E-state index contributed by atoms with van der Waals surface area (Å²) in [5.41, 5.74) is 0.719. The molecule has 3 aromatic rings. The molecular formula is C21H17Cl2FN2O5. The first-order chi connectivity index (χ1) is 14.5. The van der Waals surface area contributed by atoms with Crippen molar-refractivity contribution in [1.29, 1.82) is 0 Å². The number of aromatic nitrogens is 1. The zero-order valence-electron chi connectivity index (χ0n) is 16.4. The van der Waals surface area contributed by atoms with Crippen LogP contribution in [0.3, 0.4) is 0 Å². The van der Waals surface area contributed by atoms with Crippen LogP contribution in [0.15, 0.2) is 30.3 Å². The summed E-state index contributed by atoms with van der Waals surface area (Å²) in [6.45, 7) is 2.81. The van der Waals surface area contributed by atoms with Gasteiger partial charge in [-0.25, -0.2) is 4.39 Å². The summed E-state index contributed by atoms with van der Waals surface area (Å²) in [5.74, 6) is -4.09. The van der Waals surface area contributed by atoms with Crippen molar-refractivity contribution in [3.8, 4) is 5.75 Å². The van der Waals surface area contributed by atoms with E-state index in [2.05, 4.69) is 5.32 Å². The second-order valence-electron chi connectivity index (χ2n) is 6.93. The number of hydrogen-bond donors (Lipinski definition) is 3. The molecule has 0 fully saturated rings. The quantitative estimate of drug-likeness (QED) is 0.527. The molecule has 10 heteroatoms. The molecule has 3 rings (SSSR count). The van der Waals surface area contributed by atoms with Gasteiger partial charge in [-0.2, -0.15) is 0 Å². The molecule has 2 aromatic carbocycles. The Labute approximate surface area is 186 Å².